The summed E-state index contributed by atoms with van der Waals surface area (Å²) >= 11 is 15.9. The molecule has 0 aliphatic carbocycles. The molecule has 1 aliphatic heterocycles. The van der Waals surface area contributed by atoms with E-state index >= 15 is 0 Å². The summed E-state index contributed by atoms with van der Waals surface area (Å²) in [4.78, 5) is 26.1. The molecule has 0 spiro atoms. The fourth-order valence-electron chi connectivity index (χ4n) is 4.98. The van der Waals surface area contributed by atoms with Crippen molar-refractivity contribution in [1.82, 2.24) is 9.62 Å². The first-order valence-corrected chi connectivity index (χ1v) is 16.0. The van der Waals surface area contributed by atoms with Crippen molar-refractivity contribution in [3.05, 3.63) is 110 Å². The van der Waals surface area contributed by atoms with E-state index in [2.05, 4.69) is 21.2 Å². The second-order valence-corrected chi connectivity index (χ2v) is 13.9. The summed E-state index contributed by atoms with van der Waals surface area (Å²) in [5, 5.41) is 3.52. The van der Waals surface area contributed by atoms with Gasteiger partial charge in [-0.25, -0.2) is 8.42 Å². The Kier molecular flexibility index (Phi) is 9.97. The maximum atomic E-state index is 14.5. The zero-order valence-corrected chi connectivity index (χ0v) is 26.3. The Morgan fingerprint density at radius 2 is 1.66 bits per heavy atom. The van der Waals surface area contributed by atoms with E-state index in [1.54, 1.807) is 30.3 Å². The minimum Gasteiger partial charge on any atom is -0.368 e. The molecule has 7 nitrogen and oxygen atoms in total. The summed E-state index contributed by atoms with van der Waals surface area (Å²) in [5.74, 6) is -1.16. The molecule has 1 aliphatic rings. The third kappa shape index (κ3) is 7.21. The first-order valence-electron chi connectivity index (χ1n) is 13.0. The van der Waals surface area contributed by atoms with Crippen LogP contribution in [-0.4, -0.2) is 30.6 Å². The number of benzene rings is 3. The Morgan fingerprint density at radius 3 is 2.27 bits per heavy atom. The van der Waals surface area contributed by atoms with E-state index in [9.17, 15) is 18.0 Å². The summed E-state index contributed by atoms with van der Waals surface area (Å²) in [7, 11) is -4.23. The molecule has 1 unspecified atom stereocenters. The number of nitrogens with one attached hydrogen (secondary N) is 1. The van der Waals surface area contributed by atoms with Crippen molar-refractivity contribution in [3.8, 4) is 0 Å². The molecule has 3 N–H and O–H groups in total. The van der Waals surface area contributed by atoms with E-state index in [0.29, 0.717) is 22.0 Å². The Labute approximate surface area is 258 Å². The highest BCUT2D eigenvalue weighted by Crippen LogP contribution is 2.46. The van der Waals surface area contributed by atoms with Crippen molar-refractivity contribution in [2.45, 2.75) is 49.7 Å². The smallest absolute Gasteiger partial charge is 0.249 e. The van der Waals surface area contributed by atoms with Crippen molar-refractivity contribution in [2.24, 2.45) is 11.7 Å². The number of carbonyl (C=O) groups excluding carboxylic acids is 2. The second kappa shape index (κ2) is 13.1. The molecule has 3 aromatic carbocycles. The quantitative estimate of drug-likeness (QED) is 0.267. The van der Waals surface area contributed by atoms with Gasteiger partial charge < -0.3 is 11.1 Å². The highest BCUT2D eigenvalue weighted by atomic mass is 79.9. The summed E-state index contributed by atoms with van der Waals surface area (Å²) in [6.45, 7) is 3.83. The van der Waals surface area contributed by atoms with Crippen LogP contribution in [0.4, 0.5) is 0 Å². The molecule has 0 radical (unpaired) electrons. The number of primary amides is 1. The van der Waals surface area contributed by atoms with Gasteiger partial charge in [0.1, 0.15) is 6.04 Å². The maximum Gasteiger partial charge on any atom is 0.249 e. The van der Waals surface area contributed by atoms with Crippen LogP contribution in [0.25, 0.3) is 0 Å². The van der Waals surface area contributed by atoms with Crippen LogP contribution in [0.1, 0.15) is 49.9 Å². The van der Waals surface area contributed by atoms with E-state index in [1.807, 2.05) is 38.1 Å². The lowest BCUT2D eigenvalue weighted by Gasteiger charge is -2.41. The molecular weight excluding hydrogens is 649 g/mol. The van der Waals surface area contributed by atoms with Gasteiger partial charge in [-0.1, -0.05) is 83.3 Å². The van der Waals surface area contributed by atoms with Gasteiger partial charge in [0, 0.05) is 20.1 Å². The Balaban J connectivity index is 1.93. The van der Waals surface area contributed by atoms with Crippen LogP contribution in [0.15, 0.2) is 93.8 Å². The summed E-state index contributed by atoms with van der Waals surface area (Å²) < 4.78 is 31.1. The Morgan fingerprint density at radius 1 is 1.00 bits per heavy atom. The van der Waals surface area contributed by atoms with Crippen LogP contribution in [-0.2, 0) is 19.6 Å². The molecule has 41 heavy (non-hydrogen) atoms. The third-order valence-electron chi connectivity index (χ3n) is 6.82. The van der Waals surface area contributed by atoms with Gasteiger partial charge in [-0.15, -0.1) is 0 Å². The lowest BCUT2D eigenvalue weighted by atomic mass is 9.88. The number of hydrogen-bond donors (Lipinski definition) is 2. The van der Waals surface area contributed by atoms with Gasteiger partial charge >= 0.3 is 0 Å². The lowest BCUT2D eigenvalue weighted by Crippen LogP contribution is -2.49. The summed E-state index contributed by atoms with van der Waals surface area (Å²) in [6.07, 6.45) is 2.27. The fraction of sp³-hybridized carbons (Fsp3) is 0.267. The first kappa shape index (κ1) is 31.3. The molecule has 1 heterocycles. The van der Waals surface area contributed by atoms with Gasteiger partial charge in [-0.2, -0.15) is 4.31 Å². The molecule has 0 bridgehead atoms. The molecule has 216 valence electrons. The number of rotatable bonds is 9. The average Bonchev–Trinajstić information content (AvgIpc) is 2.91. The number of nitrogens with zero attached hydrogens (tertiary/aromatic N) is 1. The third-order valence-corrected chi connectivity index (χ3v) is 9.69. The molecule has 4 rings (SSSR count). The topological polar surface area (TPSA) is 110 Å². The highest BCUT2D eigenvalue weighted by Gasteiger charge is 2.45. The van der Waals surface area contributed by atoms with Crippen molar-refractivity contribution < 1.29 is 18.0 Å². The van der Waals surface area contributed by atoms with Gasteiger partial charge in [-0.3, -0.25) is 9.59 Å². The van der Waals surface area contributed by atoms with Crippen molar-refractivity contribution in [3.63, 3.8) is 0 Å². The standard InChI is InChI=1S/C30H30BrCl2N3O4S/c1-18(2)15-26(29(34)37)35-30(38)25-13-14-27(19-5-3-7-21(31)16-19)36(28(25)20-6-4-8-23(33)17-20)41(39,40)24-11-9-22(32)10-12-24/h3-13,16-18,26-28H,14-15H2,1-2H3,(H2,34,37)(H,35,38)/t26-,27-,28?/m0/s1. The van der Waals surface area contributed by atoms with E-state index < -0.39 is 40.0 Å². The number of carbonyl (C=O) groups is 2. The normalized spacial score (nSPS) is 18.5. The summed E-state index contributed by atoms with van der Waals surface area (Å²) in [6, 6.07) is 17.4. The zero-order valence-electron chi connectivity index (χ0n) is 22.4. The Bertz CT molecular complexity index is 1580. The predicted octanol–water partition coefficient (Wildman–Crippen LogP) is 6.58. The number of amides is 2. The van der Waals surface area contributed by atoms with Crippen LogP contribution >= 0.6 is 39.1 Å². The van der Waals surface area contributed by atoms with Crippen molar-refractivity contribution >= 4 is 61.0 Å². The van der Waals surface area contributed by atoms with E-state index in [4.69, 9.17) is 28.9 Å². The zero-order chi connectivity index (χ0) is 29.9. The van der Waals surface area contributed by atoms with E-state index in [0.717, 1.165) is 10.0 Å². The molecule has 3 atom stereocenters. The molecular formula is C30H30BrCl2N3O4S. The van der Waals surface area contributed by atoms with Crippen LogP contribution in [0.3, 0.4) is 0 Å². The molecule has 3 aromatic rings. The minimum atomic E-state index is -4.23. The first-order chi connectivity index (χ1) is 19.4. The largest absolute Gasteiger partial charge is 0.368 e. The van der Waals surface area contributed by atoms with Crippen LogP contribution in [0, 0.1) is 5.92 Å². The minimum absolute atomic E-state index is 0.0189. The Hall–Kier alpha value is -2.69. The molecule has 0 aromatic heterocycles. The average molecular weight is 679 g/mol. The molecule has 11 heteroatoms. The van der Waals surface area contributed by atoms with Gasteiger partial charge in [0.2, 0.25) is 21.8 Å². The molecule has 0 saturated carbocycles. The van der Waals surface area contributed by atoms with E-state index in [1.165, 1.54) is 28.6 Å². The van der Waals surface area contributed by atoms with E-state index in [-0.39, 0.29) is 22.8 Å². The summed E-state index contributed by atoms with van der Waals surface area (Å²) in [5.41, 5.74) is 7.01. The van der Waals surface area contributed by atoms with Crippen LogP contribution < -0.4 is 11.1 Å². The number of nitrogens with two attached hydrogens (primary N) is 1. The van der Waals surface area contributed by atoms with Crippen LogP contribution in [0.2, 0.25) is 10.0 Å². The van der Waals surface area contributed by atoms with Gasteiger partial charge in [0.25, 0.3) is 0 Å². The maximum absolute atomic E-state index is 14.5. The molecule has 0 saturated heterocycles. The monoisotopic (exact) mass is 677 g/mol. The molecule has 0 fully saturated rings. The van der Waals surface area contributed by atoms with Gasteiger partial charge in [-0.05, 0) is 78.4 Å². The van der Waals surface area contributed by atoms with Crippen molar-refractivity contribution in [2.75, 3.05) is 0 Å². The number of sulfonamides is 1. The lowest BCUT2D eigenvalue weighted by molar-refractivity contribution is -0.126. The van der Waals surface area contributed by atoms with Gasteiger partial charge in [0.15, 0.2) is 0 Å². The highest BCUT2D eigenvalue weighted by molar-refractivity contribution is 9.10. The number of halogens is 3. The predicted molar refractivity (Wildman–Crippen MR) is 165 cm³/mol. The number of hydrogen-bond acceptors (Lipinski definition) is 4. The SMILES string of the molecule is CC(C)C[C@H](NC(=O)C1=CC[C@@H](c2cccc(Br)c2)N(S(=O)(=O)c2ccc(Cl)cc2)C1c1cccc(Cl)c1)C(N)=O. The molecule has 2 amide bonds. The van der Waals surface area contributed by atoms with Crippen LogP contribution in [0.5, 0.6) is 0 Å². The van der Waals surface area contributed by atoms with Crippen molar-refractivity contribution in [1.29, 1.82) is 0 Å². The van der Waals surface area contributed by atoms with Gasteiger partial charge in [0.05, 0.1) is 17.0 Å². The second-order valence-electron chi connectivity index (χ2n) is 10.3. The fourth-order valence-corrected chi connectivity index (χ4v) is 7.50.